The molecule has 0 unspecified atom stereocenters. The zero-order chi connectivity index (χ0) is 17.3. The van der Waals surface area contributed by atoms with Gasteiger partial charge in [0.1, 0.15) is 5.66 Å². The van der Waals surface area contributed by atoms with Gasteiger partial charge in [-0.2, -0.15) is 0 Å². The Kier molecular flexibility index (Phi) is 2.89. The van der Waals surface area contributed by atoms with Crippen LogP contribution in [-0.4, -0.2) is 36.7 Å². The highest BCUT2D eigenvalue weighted by atomic mass is 16.5. The van der Waals surface area contributed by atoms with E-state index in [-0.39, 0.29) is 22.5 Å². The molecule has 1 spiro atoms. The number of anilines is 1. The number of rotatable bonds is 2. The molecule has 0 amide bonds. The Labute approximate surface area is 148 Å². The Morgan fingerprint density at radius 2 is 2.20 bits per heavy atom. The van der Waals surface area contributed by atoms with Gasteiger partial charge in [0.2, 0.25) is 0 Å². The highest BCUT2D eigenvalue weighted by molar-refractivity contribution is 5.90. The van der Waals surface area contributed by atoms with Gasteiger partial charge in [0.25, 0.3) is 0 Å². The van der Waals surface area contributed by atoms with Crippen LogP contribution in [0, 0.1) is 5.41 Å². The SMILES string of the molecule is CC[C@]12C=CCN3CC[C@]4(C=C(C(=O)OC)C1)c1ccccc1N[C@@]324. The molecule has 4 heteroatoms. The Hall–Kier alpha value is -2.07. The second-order valence-corrected chi connectivity index (χ2v) is 7.80. The lowest BCUT2D eigenvalue weighted by atomic mass is 9.53. The van der Waals surface area contributed by atoms with Gasteiger partial charge in [-0.1, -0.05) is 43.4 Å². The zero-order valence-electron chi connectivity index (χ0n) is 14.8. The molecule has 130 valence electrons. The van der Waals surface area contributed by atoms with Crippen molar-refractivity contribution in [1.29, 1.82) is 0 Å². The van der Waals surface area contributed by atoms with Crippen LogP contribution in [0.25, 0.3) is 0 Å². The van der Waals surface area contributed by atoms with E-state index in [4.69, 9.17) is 4.74 Å². The molecule has 1 aromatic carbocycles. The van der Waals surface area contributed by atoms with Gasteiger partial charge >= 0.3 is 5.97 Å². The first-order chi connectivity index (χ1) is 12.1. The molecule has 1 N–H and O–H groups in total. The maximum absolute atomic E-state index is 12.5. The van der Waals surface area contributed by atoms with E-state index < -0.39 is 0 Å². The standard InChI is InChI=1S/C21H24N2O2/c1-3-19-9-6-11-23-12-10-20(14-15(13-19)18(24)25-2)16-7-4-5-8-17(16)22-21(19,20)23/h4-9,14,22H,3,10-13H2,1-2H3/t19-,20-,21+/m0/s1. The number of fused-ring (bicyclic) bond motifs is 1. The van der Waals surface area contributed by atoms with Crippen molar-refractivity contribution in [3.63, 3.8) is 0 Å². The van der Waals surface area contributed by atoms with Gasteiger partial charge < -0.3 is 10.1 Å². The monoisotopic (exact) mass is 336 g/mol. The van der Waals surface area contributed by atoms with Gasteiger partial charge in [-0.25, -0.2) is 4.79 Å². The molecular weight excluding hydrogens is 312 g/mol. The predicted octanol–water partition coefficient (Wildman–Crippen LogP) is 3.22. The molecule has 4 nitrogen and oxygen atoms in total. The van der Waals surface area contributed by atoms with Gasteiger partial charge in [0.05, 0.1) is 12.5 Å². The summed E-state index contributed by atoms with van der Waals surface area (Å²) in [5.74, 6) is -0.183. The number of ether oxygens (including phenoxy) is 1. The van der Waals surface area contributed by atoms with Crippen LogP contribution in [0.5, 0.6) is 0 Å². The average molecular weight is 336 g/mol. The molecule has 3 atom stereocenters. The van der Waals surface area contributed by atoms with Gasteiger partial charge in [0.15, 0.2) is 0 Å². The number of carbonyl (C=O) groups excluding carboxylic acids is 1. The number of nitrogens with one attached hydrogen (secondary N) is 1. The maximum atomic E-state index is 12.5. The van der Waals surface area contributed by atoms with E-state index in [0.717, 1.165) is 37.9 Å². The topological polar surface area (TPSA) is 41.6 Å². The van der Waals surface area contributed by atoms with Crippen molar-refractivity contribution in [2.45, 2.75) is 37.3 Å². The summed E-state index contributed by atoms with van der Waals surface area (Å²) in [6.07, 6.45) is 9.64. The lowest BCUT2D eigenvalue weighted by molar-refractivity contribution is -0.137. The van der Waals surface area contributed by atoms with Gasteiger partial charge in [-0.15, -0.1) is 0 Å². The minimum absolute atomic E-state index is 0.112. The molecule has 25 heavy (non-hydrogen) atoms. The summed E-state index contributed by atoms with van der Waals surface area (Å²) in [7, 11) is 1.49. The Bertz CT molecular complexity index is 829. The number of methoxy groups -OCH3 is 1. The van der Waals surface area contributed by atoms with Crippen molar-refractivity contribution in [3.05, 3.63) is 53.6 Å². The average Bonchev–Trinajstić information content (AvgIpc) is 3.12. The number of esters is 1. The van der Waals surface area contributed by atoms with E-state index in [1.807, 2.05) is 0 Å². The summed E-state index contributed by atoms with van der Waals surface area (Å²) in [5.41, 5.74) is 2.90. The van der Waals surface area contributed by atoms with Crippen molar-refractivity contribution in [2.24, 2.45) is 5.41 Å². The third-order valence-corrected chi connectivity index (χ3v) is 7.11. The molecule has 1 aliphatic carbocycles. The number of nitrogens with zero attached hydrogens (tertiary/aromatic N) is 1. The van der Waals surface area contributed by atoms with Crippen molar-refractivity contribution in [1.82, 2.24) is 4.90 Å². The molecule has 0 bridgehead atoms. The molecule has 1 aromatic rings. The molecule has 0 aromatic heterocycles. The summed E-state index contributed by atoms with van der Waals surface area (Å²) in [4.78, 5) is 15.1. The summed E-state index contributed by atoms with van der Waals surface area (Å²) in [5, 5.41) is 3.95. The predicted molar refractivity (Wildman–Crippen MR) is 97.2 cm³/mol. The molecule has 5 rings (SSSR count). The quantitative estimate of drug-likeness (QED) is 0.665. The second kappa shape index (κ2) is 4.76. The van der Waals surface area contributed by atoms with Crippen LogP contribution in [0.15, 0.2) is 48.1 Å². The van der Waals surface area contributed by atoms with Gasteiger partial charge in [0, 0.05) is 29.8 Å². The van der Waals surface area contributed by atoms with Crippen molar-refractivity contribution in [2.75, 3.05) is 25.5 Å². The van der Waals surface area contributed by atoms with Gasteiger partial charge in [-0.05, 0) is 30.9 Å². The number of benzene rings is 1. The van der Waals surface area contributed by atoms with Gasteiger partial charge in [-0.3, -0.25) is 4.90 Å². The smallest absolute Gasteiger partial charge is 0.333 e. The minimum Gasteiger partial charge on any atom is -0.466 e. The third kappa shape index (κ3) is 1.51. The fourth-order valence-corrected chi connectivity index (χ4v) is 6.17. The second-order valence-electron chi connectivity index (χ2n) is 7.80. The summed E-state index contributed by atoms with van der Waals surface area (Å²) in [6.45, 7) is 4.25. The number of hydrogen-bond acceptors (Lipinski definition) is 4. The largest absolute Gasteiger partial charge is 0.466 e. The first-order valence-electron chi connectivity index (χ1n) is 9.23. The van der Waals surface area contributed by atoms with E-state index in [1.54, 1.807) is 0 Å². The van der Waals surface area contributed by atoms with E-state index in [0.29, 0.717) is 0 Å². The van der Waals surface area contributed by atoms with E-state index in [2.05, 4.69) is 59.6 Å². The van der Waals surface area contributed by atoms with Crippen LogP contribution in [0.4, 0.5) is 5.69 Å². The number of carbonyl (C=O) groups is 1. The molecule has 0 radical (unpaired) electrons. The molecule has 1 fully saturated rings. The normalized spacial score (nSPS) is 37.6. The molecule has 4 aliphatic rings. The first-order valence-corrected chi connectivity index (χ1v) is 9.23. The molecule has 1 saturated heterocycles. The lowest BCUT2D eigenvalue weighted by Crippen LogP contribution is -2.70. The molecular formula is C21H24N2O2. The van der Waals surface area contributed by atoms with E-state index in [1.165, 1.54) is 18.4 Å². The maximum Gasteiger partial charge on any atom is 0.333 e. The van der Waals surface area contributed by atoms with E-state index in [9.17, 15) is 4.79 Å². The Morgan fingerprint density at radius 1 is 1.36 bits per heavy atom. The number of hydrogen-bond donors (Lipinski definition) is 1. The molecule has 0 saturated carbocycles. The zero-order valence-corrected chi connectivity index (χ0v) is 14.8. The minimum atomic E-state index is -0.183. The fourth-order valence-electron chi connectivity index (χ4n) is 6.17. The Balaban J connectivity index is 1.85. The van der Waals surface area contributed by atoms with Crippen LogP contribution < -0.4 is 5.32 Å². The van der Waals surface area contributed by atoms with E-state index >= 15 is 0 Å². The summed E-state index contributed by atoms with van der Waals surface area (Å²) in [6, 6.07) is 8.62. The Morgan fingerprint density at radius 3 is 3.00 bits per heavy atom. The lowest BCUT2D eigenvalue weighted by Gasteiger charge is -2.60. The molecule has 3 aliphatic heterocycles. The highest BCUT2D eigenvalue weighted by Gasteiger charge is 2.73. The third-order valence-electron chi connectivity index (χ3n) is 7.11. The fraction of sp³-hybridized carbons (Fsp3) is 0.476. The first kappa shape index (κ1) is 15.2. The number of para-hydroxylation sites is 1. The molecule has 3 heterocycles. The van der Waals surface area contributed by atoms with Crippen LogP contribution in [0.1, 0.15) is 31.7 Å². The van der Waals surface area contributed by atoms with Crippen LogP contribution >= 0.6 is 0 Å². The summed E-state index contributed by atoms with van der Waals surface area (Å²) < 4.78 is 5.13. The van der Waals surface area contributed by atoms with Crippen LogP contribution in [-0.2, 0) is 14.9 Å². The van der Waals surface area contributed by atoms with Crippen molar-refractivity contribution < 1.29 is 9.53 Å². The van der Waals surface area contributed by atoms with Crippen molar-refractivity contribution >= 4 is 11.7 Å². The highest BCUT2D eigenvalue weighted by Crippen LogP contribution is 2.68. The summed E-state index contributed by atoms with van der Waals surface area (Å²) >= 11 is 0. The van der Waals surface area contributed by atoms with Crippen LogP contribution in [0.3, 0.4) is 0 Å². The van der Waals surface area contributed by atoms with Crippen LogP contribution in [0.2, 0.25) is 0 Å². The van der Waals surface area contributed by atoms with Crippen molar-refractivity contribution in [3.8, 4) is 0 Å².